The summed E-state index contributed by atoms with van der Waals surface area (Å²) in [6.07, 6.45) is 5.84. The number of hydrogen-bond donors (Lipinski definition) is 0. The molecule has 2 fully saturated rings. The van der Waals surface area contributed by atoms with Crippen molar-refractivity contribution in [2.45, 2.75) is 19.8 Å². The van der Waals surface area contributed by atoms with Crippen LogP contribution in [0.3, 0.4) is 0 Å². The Morgan fingerprint density at radius 2 is 1.79 bits per heavy atom. The van der Waals surface area contributed by atoms with Gasteiger partial charge in [-0.15, -0.1) is 11.3 Å². The van der Waals surface area contributed by atoms with Gasteiger partial charge in [-0.1, -0.05) is 0 Å². The number of rotatable bonds is 4. The average molecular weight is 347 g/mol. The molecule has 0 atom stereocenters. The van der Waals surface area contributed by atoms with Crippen molar-refractivity contribution in [1.82, 2.24) is 14.7 Å². The summed E-state index contributed by atoms with van der Waals surface area (Å²) in [4.78, 5) is 31.6. The summed E-state index contributed by atoms with van der Waals surface area (Å²) < 4.78 is 0. The number of aryl methyl sites for hydroxylation is 1. The molecule has 1 aromatic rings. The number of carbonyl (C=O) groups excluding carboxylic acids is 2. The van der Waals surface area contributed by atoms with Gasteiger partial charge in [0.15, 0.2) is 0 Å². The predicted molar refractivity (Wildman–Crippen MR) is 96.9 cm³/mol. The van der Waals surface area contributed by atoms with E-state index in [1.165, 1.54) is 5.56 Å². The first-order valence-electron chi connectivity index (χ1n) is 8.65. The van der Waals surface area contributed by atoms with E-state index in [0.29, 0.717) is 19.6 Å². The number of carbonyl (C=O) groups is 2. The molecule has 0 saturated carbocycles. The highest BCUT2D eigenvalue weighted by molar-refractivity contribution is 7.11. The molecule has 0 aliphatic carbocycles. The van der Waals surface area contributed by atoms with E-state index < -0.39 is 0 Å². The highest BCUT2D eigenvalue weighted by Gasteiger charge is 2.24. The van der Waals surface area contributed by atoms with Gasteiger partial charge in [0, 0.05) is 50.2 Å². The van der Waals surface area contributed by atoms with Crippen molar-refractivity contribution >= 4 is 29.2 Å². The summed E-state index contributed by atoms with van der Waals surface area (Å²) in [6.45, 7) is 7.30. The second-order valence-electron chi connectivity index (χ2n) is 6.49. The van der Waals surface area contributed by atoms with Gasteiger partial charge in [0.05, 0.1) is 6.54 Å². The molecule has 0 unspecified atom stereocenters. The smallest absolute Gasteiger partial charge is 0.246 e. The van der Waals surface area contributed by atoms with Crippen LogP contribution in [0.5, 0.6) is 0 Å². The highest BCUT2D eigenvalue weighted by atomic mass is 32.1. The lowest BCUT2D eigenvalue weighted by Crippen LogP contribution is -2.51. The molecular weight excluding hydrogens is 322 g/mol. The van der Waals surface area contributed by atoms with E-state index in [0.717, 1.165) is 43.9 Å². The van der Waals surface area contributed by atoms with Crippen LogP contribution in [0.4, 0.5) is 0 Å². The van der Waals surface area contributed by atoms with Gasteiger partial charge in [0.2, 0.25) is 11.8 Å². The number of piperazine rings is 1. The van der Waals surface area contributed by atoms with Crippen molar-refractivity contribution in [3.63, 3.8) is 0 Å². The Hall–Kier alpha value is -1.66. The molecule has 130 valence electrons. The molecule has 2 saturated heterocycles. The number of hydrogen-bond acceptors (Lipinski definition) is 4. The van der Waals surface area contributed by atoms with Crippen molar-refractivity contribution in [1.29, 1.82) is 0 Å². The molecule has 5 nitrogen and oxygen atoms in total. The Bertz CT molecular complexity index is 612. The van der Waals surface area contributed by atoms with Gasteiger partial charge in [-0.25, -0.2) is 0 Å². The van der Waals surface area contributed by atoms with Crippen LogP contribution in [0.2, 0.25) is 0 Å². The molecule has 0 spiro atoms. The number of nitrogens with zero attached hydrogens (tertiary/aromatic N) is 3. The number of likely N-dealkylation sites (tertiary alicyclic amines) is 1. The Labute approximate surface area is 147 Å². The molecule has 1 aromatic heterocycles. The van der Waals surface area contributed by atoms with E-state index in [-0.39, 0.29) is 11.8 Å². The largest absolute Gasteiger partial charge is 0.342 e. The fourth-order valence-electron chi connectivity index (χ4n) is 3.19. The molecule has 3 rings (SSSR count). The van der Waals surface area contributed by atoms with Crippen LogP contribution < -0.4 is 0 Å². The van der Waals surface area contributed by atoms with E-state index in [1.54, 1.807) is 17.4 Å². The maximum atomic E-state index is 12.3. The van der Waals surface area contributed by atoms with Crippen LogP contribution in [-0.4, -0.2) is 72.3 Å². The van der Waals surface area contributed by atoms with Gasteiger partial charge in [-0.2, -0.15) is 0 Å². The molecule has 24 heavy (non-hydrogen) atoms. The minimum Gasteiger partial charge on any atom is -0.342 e. The zero-order chi connectivity index (χ0) is 16.9. The third kappa shape index (κ3) is 4.24. The lowest BCUT2D eigenvalue weighted by Gasteiger charge is -2.34. The third-order valence-corrected chi connectivity index (χ3v) is 5.76. The first-order valence-corrected chi connectivity index (χ1v) is 9.52. The Morgan fingerprint density at radius 3 is 2.42 bits per heavy atom. The molecule has 6 heteroatoms. The minimum absolute atomic E-state index is 0.0633. The first kappa shape index (κ1) is 17.2. The van der Waals surface area contributed by atoms with Crippen LogP contribution in [0.15, 0.2) is 17.5 Å². The SMILES string of the molecule is Cc1ccsc1/C=C/C(=O)N1CCN(CC(=O)N2CCCC2)CC1. The fraction of sp³-hybridized carbons (Fsp3) is 0.556. The Kier molecular flexibility index (Phi) is 5.68. The van der Waals surface area contributed by atoms with Gasteiger partial charge in [0.1, 0.15) is 0 Å². The van der Waals surface area contributed by atoms with E-state index in [4.69, 9.17) is 0 Å². The Morgan fingerprint density at radius 1 is 1.08 bits per heavy atom. The van der Waals surface area contributed by atoms with Crippen LogP contribution >= 0.6 is 11.3 Å². The molecule has 2 aliphatic heterocycles. The van der Waals surface area contributed by atoms with Crippen molar-refractivity contribution in [2.24, 2.45) is 0 Å². The molecule has 2 amide bonds. The second kappa shape index (κ2) is 7.94. The predicted octanol–water partition coefficient (Wildman–Crippen LogP) is 1.84. The van der Waals surface area contributed by atoms with Gasteiger partial charge in [-0.05, 0) is 42.9 Å². The van der Waals surface area contributed by atoms with Crippen molar-refractivity contribution in [3.8, 4) is 0 Å². The monoisotopic (exact) mass is 347 g/mol. The zero-order valence-electron chi connectivity index (χ0n) is 14.2. The van der Waals surface area contributed by atoms with Crippen LogP contribution in [0.1, 0.15) is 23.3 Å². The standard InChI is InChI=1S/C18H25N3O2S/c1-15-6-13-24-16(15)4-5-17(22)21-11-9-19(10-12-21)14-18(23)20-7-2-3-8-20/h4-6,13H,2-3,7-12,14H2,1H3/b5-4+. The minimum atomic E-state index is 0.0633. The Balaban J connectivity index is 1.44. The summed E-state index contributed by atoms with van der Waals surface area (Å²) in [5.74, 6) is 0.300. The number of thiophene rings is 1. The molecule has 0 radical (unpaired) electrons. The topological polar surface area (TPSA) is 43.9 Å². The van der Waals surface area contributed by atoms with E-state index in [2.05, 4.69) is 17.9 Å². The third-order valence-electron chi connectivity index (χ3n) is 4.78. The normalized spacial score (nSPS) is 19.4. The maximum Gasteiger partial charge on any atom is 0.246 e. The molecule has 3 heterocycles. The average Bonchev–Trinajstić information content (AvgIpc) is 3.25. The highest BCUT2D eigenvalue weighted by Crippen LogP contribution is 2.17. The van der Waals surface area contributed by atoms with Crippen LogP contribution in [-0.2, 0) is 9.59 Å². The fourth-order valence-corrected chi connectivity index (χ4v) is 4.01. The van der Waals surface area contributed by atoms with Crippen molar-refractivity contribution in [3.05, 3.63) is 28.0 Å². The molecule has 0 N–H and O–H groups in total. The summed E-state index contributed by atoms with van der Waals surface area (Å²) in [5.41, 5.74) is 1.20. The quantitative estimate of drug-likeness (QED) is 0.781. The van der Waals surface area contributed by atoms with E-state index in [9.17, 15) is 9.59 Å². The number of amides is 2. The van der Waals surface area contributed by atoms with E-state index in [1.807, 2.05) is 21.3 Å². The molecular formula is C18H25N3O2S. The summed E-state index contributed by atoms with van der Waals surface area (Å²) in [6, 6.07) is 2.06. The molecule has 0 aromatic carbocycles. The van der Waals surface area contributed by atoms with Crippen molar-refractivity contribution < 1.29 is 9.59 Å². The summed E-state index contributed by atoms with van der Waals surface area (Å²) in [7, 11) is 0. The summed E-state index contributed by atoms with van der Waals surface area (Å²) in [5, 5.41) is 2.04. The molecule has 0 bridgehead atoms. The van der Waals surface area contributed by atoms with Crippen molar-refractivity contribution in [2.75, 3.05) is 45.8 Å². The first-order chi connectivity index (χ1) is 11.6. The lowest BCUT2D eigenvalue weighted by atomic mass is 10.2. The van der Waals surface area contributed by atoms with Crippen LogP contribution in [0.25, 0.3) is 6.08 Å². The van der Waals surface area contributed by atoms with Gasteiger partial charge >= 0.3 is 0 Å². The second-order valence-corrected chi connectivity index (χ2v) is 7.44. The van der Waals surface area contributed by atoms with E-state index >= 15 is 0 Å². The van der Waals surface area contributed by atoms with Gasteiger partial charge in [0.25, 0.3) is 0 Å². The van der Waals surface area contributed by atoms with Gasteiger partial charge < -0.3 is 9.80 Å². The van der Waals surface area contributed by atoms with Gasteiger partial charge in [-0.3, -0.25) is 14.5 Å². The summed E-state index contributed by atoms with van der Waals surface area (Å²) >= 11 is 1.65. The zero-order valence-corrected chi connectivity index (χ0v) is 15.1. The lowest BCUT2D eigenvalue weighted by molar-refractivity contribution is -0.132. The maximum absolute atomic E-state index is 12.3. The molecule has 2 aliphatic rings. The van der Waals surface area contributed by atoms with Crippen LogP contribution in [0, 0.1) is 6.92 Å².